The number of pyridine rings is 1. The molecular formula is C20H25BrClN3O. The number of carbonyl (C=O) groups is 1. The Morgan fingerprint density at radius 1 is 1.35 bits per heavy atom. The predicted octanol–water partition coefficient (Wildman–Crippen LogP) is 4.32. The molecule has 3 rings (SSSR count). The Labute approximate surface area is 170 Å². The van der Waals surface area contributed by atoms with Crippen LogP contribution in [0.5, 0.6) is 0 Å². The Morgan fingerprint density at radius 2 is 2.08 bits per heavy atom. The van der Waals surface area contributed by atoms with Gasteiger partial charge in [-0.25, -0.2) is 0 Å². The van der Waals surface area contributed by atoms with E-state index in [-0.39, 0.29) is 24.4 Å². The molecule has 1 saturated heterocycles. The third kappa shape index (κ3) is 4.77. The molecule has 1 aromatic carbocycles. The summed E-state index contributed by atoms with van der Waals surface area (Å²) in [5.74, 6) is 0.132. The van der Waals surface area contributed by atoms with Crippen LogP contribution in [0.15, 0.2) is 53.3 Å². The van der Waals surface area contributed by atoms with Crippen LogP contribution in [0.4, 0.5) is 5.69 Å². The number of aromatic nitrogens is 1. The minimum absolute atomic E-state index is 0. The first-order chi connectivity index (χ1) is 12.1. The maximum absolute atomic E-state index is 12.7. The summed E-state index contributed by atoms with van der Waals surface area (Å²) in [5, 5.41) is 0. The zero-order valence-electron chi connectivity index (χ0n) is 15.1. The molecule has 0 aliphatic carbocycles. The van der Waals surface area contributed by atoms with Crippen LogP contribution < -0.4 is 4.90 Å². The summed E-state index contributed by atoms with van der Waals surface area (Å²) in [5.41, 5.74) is 2.18. The lowest BCUT2D eigenvalue weighted by molar-refractivity contribution is -0.131. The molecule has 1 aromatic heterocycles. The van der Waals surface area contributed by atoms with Crippen molar-refractivity contribution in [2.45, 2.75) is 38.3 Å². The van der Waals surface area contributed by atoms with E-state index in [1.54, 1.807) is 12.4 Å². The van der Waals surface area contributed by atoms with E-state index in [2.05, 4.69) is 57.0 Å². The molecule has 0 saturated carbocycles. The van der Waals surface area contributed by atoms with Gasteiger partial charge in [-0.05, 0) is 59.5 Å². The third-order valence-electron chi connectivity index (χ3n) is 5.07. The predicted molar refractivity (Wildman–Crippen MR) is 112 cm³/mol. The van der Waals surface area contributed by atoms with Gasteiger partial charge in [0.15, 0.2) is 0 Å². The van der Waals surface area contributed by atoms with Gasteiger partial charge in [-0.3, -0.25) is 9.78 Å². The van der Waals surface area contributed by atoms with Gasteiger partial charge in [0.25, 0.3) is 0 Å². The number of halogens is 2. The van der Waals surface area contributed by atoms with Gasteiger partial charge in [0, 0.05) is 48.2 Å². The van der Waals surface area contributed by atoms with Crippen molar-refractivity contribution in [3.63, 3.8) is 0 Å². The van der Waals surface area contributed by atoms with Crippen LogP contribution in [0.2, 0.25) is 0 Å². The summed E-state index contributed by atoms with van der Waals surface area (Å²) >= 11 is 3.41. The highest BCUT2D eigenvalue weighted by Crippen LogP contribution is 2.28. The molecule has 140 valence electrons. The molecule has 4 nitrogen and oxygen atoms in total. The normalized spacial score (nSPS) is 17.5. The standard InChI is InChI=1S/C20H24BrN3O.ClH/c1-15(19-9-6-10-24(19)18-7-4-3-5-8-18)23(2)20(25)12-16-11-17(21)14-22-13-16;/h3-5,7-8,11,13-15,19H,6,9-10,12H2,1-2H3;1H/t15-,19?;/m0./s1. The molecule has 0 N–H and O–H groups in total. The maximum atomic E-state index is 12.7. The molecule has 0 spiro atoms. The second-order valence-electron chi connectivity index (χ2n) is 6.67. The number of rotatable bonds is 5. The van der Waals surface area contributed by atoms with Crippen molar-refractivity contribution < 1.29 is 4.79 Å². The fraction of sp³-hybridized carbons (Fsp3) is 0.400. The Bertz CT molecular complexity index is 728. The van der Waals surface area contributed by atoms with E-state index in [9.17, 15) is 4.79 Å². The summed E-state index contributed by atoms with van der Waals surface area (Å²) < 4.78 is 0.902. The van der Waals surface area contributed by atoms with Crippen LogP contribution in [-0.4, -0.2) is 41.5 Å². The highest BCUT2D eigenvalue weighted by molar-refractivity contribution is 9.10. The van der Waals surface area contributed by atoms with Crippen molar-refractivity contribution in [1.29, 1.82) is 0 Å². The molecule has 1 unspecified atom stereocenters. The largest absolute Gasteiger partial charge is 0.366 e. The first kappa shape index (κ1) is 20.7. The molecular weight excluding hydrogens is 414 g/mol. The number of para-hydroxylation sites is 1. The topological polar surface area (TPSA) is 36.4 Å². The fourth-order valence-electron chi connectivity index (χ4n) is 3.57. The van der Waals surface area contributed by atoms with E-state index in [1.165, 1.54) is 12.1 Å². The number of anilines is 1. The second kappa shape index (κ2) is 9.38. The van der Waals surface area contributed by atoms with Crippen molar-refractivity contribution in [2.24, 2.45) is 0 Å². The first-order valence-electron chi connectivity index (χ1n) is 8.73. The average molecular weight is 439 g/mol. The van der Waals surface area contributed by atoms with Gasteiger partial charge in [-0.2, -0.15) is 0 Å². The Balaban J connectivity index is 0.00000243. The van der Waals surface area contributed by atoms with Crippen LogP contribution >= 0.6 is 28.3 Å². The number of hydrogen-bond acceptors (Lipinski definition) is 3. The number of nitrogens with zero attached hydrogens (tertiary/aromatic N) is 3. The summed E-state index contributed by atoms with van der Waals surface area (Å²) in [6.07, 6.45) is 6.16. The van der Waals surface area contributed by atoms with Crippen molar-refractivity contribution in [3.05, 3.63) is 58.8 Å². The molecule has 6 heteroatoms. The quantitative estimate of drug-likeness (QED) is 0.697. The van der Waals surface area contributed by atoms with E-state index in [4.69, 9.17) is 0 Å². The minimum Gasteiger partial charge on any atom is -0.366 e. The molecule has 1 amide bonds. The molecule has 26 heavy (non-hydrogen) atoms. The summed E-state index contributed by atoms with van der Waals surface area (Å²) in [6.45, 7) is 3.21. The molecule has 1 aliphatic heterocycles. The molecule has 0 bridgehead atoms. The number of hydrogen-bond donors (Lipinski definition) is 0. The monoisotopic (exact) mass is 437 g/mol. The van der Waals surface area contributed by atoms with E-state index in [1.807, 2.05) is 24.1 Å². The molecule has 2 aromatic rings. The maximum Gasteiger partial charge on any atom is 0.227 e. The van der Waals surface area contributed by atoms with Gasteiger partial charge in [-0.15, -0.1) is 12.4 Å². The molecule has 2 atom stereocenters. The Hall–Kier alpha value is -1.59. The summed E-state index contributed by atoms with van der Waals surface area (Å²) in [4.78, 5) is 21.2. The lowest BCUT2D eigenvalue weighted by atomic mass is 10.0. The van der Waals surface area contributed by atoms with Gasteiger partial charge in [-0.1, -0.05) is 18.2 Å². The molecule has 2 heterocycles. The SMILES string of the molecule is C[C@@H](C1CCCN1c1ccccc1)N(C)C(=O)Cc1cncc(Br)c1.Cl. The highest BCUT2D eigenvalue weighted by atomic mass is 79.9. The Kier molecular flexibility index (Phi) is 7.47. The third-order valence-corrected chi connectivity index (χ3v) is 5.50. The van der Waals surface area contributed by atoms with E-state index >= 15 is 0 Å². The van der Waals surface area contributed by atoms with E-state index < -0.39 is 0 Å². The number of amides is 1. The van der Waals surface area contributed by atoms with Gasteiger partial charge in [0.2, 0.25) is 5.91 Å². The zero-order valence-corrected chi connectivity index (χ0v) is 17.5. The minimum atomic E-state index is 0. The fourth-order valence-corrected chi connectivity index (χ4v) is 3.98. The molecule has 0 radical (unpaired) electrons. The second-order valence-corrected chi connectivity index (χ2v) is 7.59. The number of carbonyl (C=O) groups excluding carboxylic acids is 1. The smallest absolute Gasteiger partial charge is 0.227 e. The van der Waals surface area contributed by atoms with Crippen LogP contribution in [0.3, 0.4) is 0 Å². The van der Waals surface area contributed by atoms with Crippen LogP contribution in [0.1, 0.15) is 25.3 Å². The first-order valence-corrected chi connectivity index (χ1v) is 9.52. The Morgan fingerprint density at radius 3 is 2.77 bits per heavy atom. The molecule has 1 aliphatic rings. The number of benzene rings is 1. The van der Waals surface area contributed by atoms with Gasteiger partial charge >= 0.3 is 0 Å². The number of likely N-dealkylation sites (N-methyl/N-ethyl adjacent to an activating group) is 1. The van der Waals surface area contributed by atoms with E-state index in [0.717, 1.165) is 23.0 Å². The van der Waals surface area contributed by atoms with Crippen molar-refractivity contribution in [2.75, 3.05) is 18.5 Å². The summed E-state index contributed by atoms with van der Waals surface area (Å²) in [7, 11) is 1.92. The lowest BCUT2D eigenvalue weighted by Crippen LogP contribution is -2.48. The average Bonchev–Trinajstić information content (AvgIpc) is 3.11. The lowest BCUT2D eigenvalue weighted by Gasteiger charge is -2.36. The van der Waals surface area contributed by atoms with Crippen LogP contribution in [0.25, 0.3) is 0 Å². The van der Waals surface area contributed by atoms with Crippen molar-refractivity contribution in [3.8, 4) is 0 Å². The van der Waals surface area contributed by atoms with Gasteiger partial charge in [0.05, 0.1) is 6.42 Å². The van der Waals surface area contributed by atoms with Gasteiger partial charge < -0.3 is 9.80 Å². The van der Waals surface area contributed by atoms with Gasteiger partial charge in [0.1, 0.15) is 0 Å². The van der Waals surface area contributed by atoms with Crippen LogP contribution in [-0.2, 0) is 11.2 Å². The molecule has 1 fully saturated rings. The highest BCUT2D eigenvalue weighted by Gasteiger charge is 2.33. The van der Waals surface area contributed by atoms with Crippen LogP contribution in [0, 0.1) is 0 Å². The van der Waals surface area contributed by atoms with Crippen molar-refractivity contribution >= 4 is 39.9 Å². The zero-order chi connectivity index (χ0) is 17.8. The van der Waals surface area contributed by atoms with E-state index in [0.29, 0.717) is 12.5 Å². The van der Waals surface area contributed by atoms with Crippen molar-refractivity contribution in [1.82, 2.24) is 9.88 Å². The summed E-state index contributed by atoms with van der Waals surface area (Å²) in [6, 6.07) is 13.0.